The van der Waals surface area contributed by atoms with E-state index < -0.39 is 0 Å². The summed E-state index contributed by atoms with van der Waals surface area (Å²) in [5.74, 6) is 0. The van der Waals surface area contributed by atoms with E-state index in [-0.39, 0.29) is 6.04 Å². The van der Waals surface area contributed by atoms with E-state index in [4.69, 9.17) is 0 Å². The summed E-state index contributed by atoms with van der Waals surface area (Å²) in [6.07, 6.45) is 0. The van der Waals surface area contributed by atoms with E-state index in [1.54, 1.807) is 0 Å². The second-order valence-electron chi connectivity index (χ2n) is 6.29. The molecular formula is C24H21N. The van der Waals surface area contributed by atoms with Crippen molar-refractivity contribution in [3.05, 3.63) is 109 Å². The topological polar surface area (TPSA) is 3.24 Å². The van der Waals surface area contributed by atoms with E-state index in [1.165, 1.54) is 27.7 Å². The summed E-state index contributed by atoms with van der Waals surface area (Å²) in [5, 5.41) is 2.60. The van der Waals surface area contributed by atoms with Crippen molar-refractivity contribution >= 4 is 22.1 Å². The molecule has 4 aromatic carbocycles. The molecule has 25 heavy (non-hydrogen) atoms. The minimum atomic E-state index is 0.218. The number of para-hydroxylation sites is 2. The maximum Gasteiger partial charge on any atom is 0.0569 e. The van der Waals surface area contributed by atoms with E-state index in [2.05, 4.69) is 115 Å². The molecule has 4 rings (SSSR count). The van der Waals surface area contributed by atoms with Crippen molar-refractivity contribution in [2.75, 3.05) is 4.90 Å². The van der Waals surface area contributed by atoms with Crippen molar-refractivity contribution in [1.29, 1.82) is 0 Å². The number of fused-ring (bicyclic) bond motifs is 1. The zero-order valence-electron chi connectivity index (χ0n) is 14.3. The molecule has 122 valence electrons. The van der Waals surface area contributed by atoms with Crippen molar-refractivity contribution in [2.24, 2.45) is 0 Å². The van der Waals surface area contributed by atoms with Gasteiger partial charge in [0.05, 0.1) is 6.04 Å². The largest absolute Gasteiger partial charge is 0.334 e. The average molecular weight is 323 g/mol. The van der Waals surface area contributed by atoms with Gasteiger partial charge in [0.15, 0.2) is 0 Å². The quantitative estimate of drug-likeness (QED) is 0.402. The molecule has 4 aromatic rings. The Hall–Kier alpha value is -3.06. The standard InChI is InChI=1S/C24H21N/c1-19(23-18-10-12-20-11-8-9-17-24(20)23)25(21-13-4-2-5-14-21)22-15-6-3-7-16-22/h2-19H,1H3/t19-/m1/s1. The average Bonchev–Trinajstić information content (AvgIpc) is 2.69. The molecule has 0 saturated heterocycles. The molecule has 0 N–H and O–H groups in total. The first-order valence-electron chi connectivity index (χ1n) is 8.71. The second-order valence-corrected chi connectivity index (χ2v) is 6.29. The lowest BCUT2D eigenvalue weighted by Gasteiger charge is -2.32. The Kier molecular flexibility index (Phi) is 4.22. The molecular weight excluding hydrogens is 302 g/mol. The Morgan fingerprint density at radius 1 is 0.560 bits per heavy atom. The van der Waals surface area contributed by atoms with Gasteiger partial charge in [-0.2, -0.15) is 0 Å². The van der Waals surface area contributed by atoms with Gasteiger partial charge in [0.1, 0.15) is 0 Å². The van der Waals surface area contributed by atoms with Crippen molar-refractivity contribution in [1.82, 2.24) is 0 Å². The number of nitrogens with zero attached hydrogens (tertiary/aromatic N) is 1. The minimum Gasteiger partial charge on any atom is -0.334 e. The van der Waals surface area contributed by atoms with Gasteiger partial charge in [0.25, 0.3) is 0 Å². The number of hydrogen-bond acceptors (Lipinski definition) is 1. The van der Waals surface area contributed by atoms with Crippen LogP contribution in [0.25, 0.3) is 10.8 Å². The van der Waals surface area contributed by atoms with E-state index >= 15 is 0 Å². The highest BCUT2D eigenvalue weighted by Gasteiger charge is 2.19. The third-order valence-electron chi connectivity index (χ3n) is 4.73. The number of anilines is 2. The van der Waals surface area contributed by atoms with Crippen LogP contribution in [0.1, 0.15) is 18.5 Å². The van der Waals surface area contributed by atoms with Gasteiger partial charge in [-0.3, -0.25) is 0 Å². The van der Waals surface area contributed by atoms with Gasteiger partial charge in [-0.25, -0.2) is 0 Å². The summed E-state index contributed by atoms with van der Waals surface area (Å²) in [6, 6.07) is 36.6. The molecule has 0 bridgehead atoms. The van der Waals surface area contributed by atoms with Crippen LogP contribution in [0.2, 0.25) is 0 Å². The molecule has 0 unspecified atom stereocenters. The smallest absolute Gasteiger partial charge is 0.0569 e. The fourth-order valence-corrected chi connectivity index (χ4v) is 3.53. The van der Waals surface area contributed by atoms with Crippen LogP contribution in [-0.4, -0.2) is 0 Å². The van der Waals surface area contributed by atoms with Gasteiger partial charge in [-0.15, -0.1) is 0 Å². The molecule has 0 aliphatic heterocycles. The van der Waals surface area contributed by atoms with Crippen LogP contribution in [0, 0.1) is 0 Å². The Labute approximate surface area is 149 Å². The SMILES string of the molecule is C[C@H](c1cccc2ccccc12)N(c1ccccc1)c1ccccc1. The predicted octanol–water partition coefficient (Wildman–Crippen LogP) is 6.74. The Bertz CT molecular complexity index is 916. The molecule has 0 aliphatic carbocycles. The predicted molar refractivity (Wildman–Crippen MR) is 107 cm³/mol. The lowest BCUT2D eigenvalue weighted by atomic mass is 9.97. The third kappa shape index (κ3) is 3.01. The van der Waals surface area contributed by atoms with E-state index in [9.17, 15) is 0 Å². The molecule has 0 fully saturated rings. The first-order chi connectivity index (χ1) is 12.3. The van der Waals surface area contributed by atoms with Crippen molar-refractivity contribution in [2.45, 2.75) is 13.0 Å². The minimum absolute atomic E-state index is 0.218. The first kappa shape index (κ1) is 15.5. The van der Waals surface area contributed by atoms with Crippen molar-refractivity contribution in [3.8, 4) is 0 Å². The summed E-state index contributed by atoms with van der Waals surface area (Å²) in [6.45, 7) is 2.28. The fraction of sp³-hybridized carbons (Fsp3) is 0.0833. The lowest BCUT2D eigenvalue weighted by Crippen LogP contribution is -2.21. The highest BCUT2D eigenvalue weighted by atomic mass is 15.2. The molecule has 0 spiro atoms. The van der Waals surface area contributed by atoms with Crippen LogP contribution in [0.5, 0.6) is 0 Å². The van der Waals surface area contributed by atoms with Gasteiger partial charge in [0.2, 0.25) is 0 Å². The molecule has 0 heterocycles. The zero-order valence-corrected chi connectivity index (χ0v) is 14.3. The second kappa shape index (κ2) is 6.82. The summed E-state index contributed by atoms with van der Waals surface area (Å²) < 4.78 is 0. The van der Waals surface area contributed by atoms with Gasteiger partial charge < -0.3 is 4.90 Å². The van der Waals surface area contributed by atoms with Crippen LogP contribution in [0.3, 0.4) is 0 Å². The molecule has 0 aromatic heterocycles. The summed E-state index contributed by atoms with van der Waals surface area (Å²) in [5.41, 5.74) is 3.74. The molecule has 0 aliphatic rings. The molecule has 1 heteroatoms. The highest BCUT2D eigenvalue weighted by molar-refractivity contribution is 5.87. The van der Waals surface area contributed by atoms with Crippen molar-refractivity contribution in [3.63, 3.8) is 0 Å². The van der Waals surface area contributed by atoms with E-state index in [1.807, 2.05) is 0 Å². The highest BCUT2D eigenvalue weighted by Crippen LogP contribution is 2.37. The lowest BCUT2D eigenvalue weighted by molar-refractivity contribution is 0.780. The van der Waals surface area contributed by atoms with Crippen LogP contribution < -0.4 is 4.90 Å². The van der Waals surface area contributed by atoms with E-state index in [0.29, 0.717) is 0 Å². The normalized spacial score (nSPS) is 12.0. The number of hydrogen-bond donors (Lipinski definition) is 0. The van der Waals surface area contributed by atoms with Crippen LogP contribution in [-0.2, 0) is 0 Å². The third-order valence-corrected chi connectivity index (χ3v) is 4.73. The Balaban J connectivity index is 1.87. The fourth-order valence-electron chi connectivity index (χ4n) is 3.53. The van der Waals surface area contributed by atoms with Crippen LogP contribution in [0.4, 0.5) is 11.4 Å². The maximum absolute atomic E-state index is 2.40. The monoisotopic (exact) mass is 323 g/mol. The molecule has 1 nitrogen and oxygen atoms in total. The van der Waals surface area contributed by atoms with E-state index in [0.717, 1.165) is 0 Å². The summed E-state index contributed by atoms with van der Waals surface area (Å²) in [7, 11) is 0. The van der Waals surface area contributed by atoms with Gasteiger partial charge in [-0.1, -0.05) is 78.9 Å². The number of benzene rings is 4. The van der Waals surface area contributed by atoms with Gasteiger partial charge in [0, 0.05) is 11.4 Å². The maximum atomic E-state index is 2.40. The zero-order chi connectivity index (χ0) is 17.1. The summed E-state index contributed by atoms with van der Waals surface area (Å²) >= 11 is 0. The number of rotatable bonds is 4. The van der Waals surface area contributed by atoms with Gasteiger partial charge >= 0.3 is 0 Å². The molecule has 0 radical (unpaired) electrons. The molecule has 1 atom stereocenters. The Morgan fingerprint density at radius 3 is 1.72 bits per heavy atom. The first-order valence-corrected chi connectivity index (χ1v) is 8.71. The molecule has 0 amide bonds. The van der Waals surface area contributed by atoms with Crippen LogP contribution >= 0.6 is 0 Å². The van der Waals surface area contributed by atoms with Crippen LogP contribution in [0.15, 0.2) is 103 Å². The summed E-state index contributed by atoms with van der Waals surface area (Å²) in [4.78, 5) is 2.40. The molecule has 0 saturated carbocycles. The van der Waals surface area contributed by atoms with Gasteiger partial charge in [-0.05, 0) is 47.5 Å². The Morgan fingerprint density at radius 2 is 1.08 bits per heavy atom. The van der Waals surface area contributed by atoms with Crippen molar-refractivity contribution < 1.29 is 0 Å².